The lowest BCUT2D eigenvalue weighted by molar-refractivity contribution is -0.145. The monoisotopic (exact) mass is 436 g/mol. The Morgan fingerprint density at radius 1 is 1.24 bits per heavy atom. The molecule has 0 saturated carbocycles. The van der Waals surface area contributed by atoms with Crippen LogP contribution in [0.3, 0.4) is 0 Å². The number of carbonyl (C=O) groups is 1. The smallest absolute Gasteiger partial charge is 0.320 e. The number of hydrogen-bond donors (Lipinski definition) is 1. The van der Waals surface area contributed by atoms with Crippen LogP contribution in [0.25, 0.3) is 10.2 Å². The minimum atomic E-state index is -0.735. The Bertz CT molecular complexity index is 874. The molecule has 0 amide bonds. The third-order valence-corrected chi connectivity index (χ3v) is 7.33. The van der Waals surface area contributed by atoms with E-state index in [2.05, 4.69) is 33.0 Å². The van der Waals surface area contributed by atoms with Crippen LogP contribution in [0.15, 0.2) is 40.2 Å². The van der Waals surface area contributed by atoms with E-state index in [0.717, 1.165) is 43.3 Å². The number of aromatic nitrogens is 1. The highest BCUT2D eigenvalue weighted by Crippen LogP contribution is 2.41. The maximum absolute atomic E-state index is 11.8. The summed E-state index contributed by atoms with van der Waals surface area (Å²) in [6.07, 6.45) is 2.69. The molecule has 3 heterocycles. The molecule has 0 aliphatic carbocycles. The molecule has 0 bridgehead atoms. The van der Waals surface area contributed by atoms with Crippen molar-refractivity contribution in [1.82, 2.24) is 9.88 Å². The van der Waals surface area contributed by atoms with Gasteiger partial charge in [-0.05, 0) is 53.0 Å². The zero-order valence-electron chi connectivity index (χ0n) is 13.4. The molecular formula is C18H17BrN2O2S2. The van der Waals surface area contributed by atoms with E-state index in [-0.39, 0.29) is 6.04 Å². The number of fused-ring (bicyclic) bond motifs is 1. The quantitative estimate of drug-likeness (QED) is 0.614. The van der Waals surface area contributed by atoms with E-state index in [9.17, 15) is 9.90 Å². The molecule has 2 unspecified atom stereocenters. The van der Waals surface area contributed by atoms with Crippen LogP contribution < -0.4 is 0 Å². The van der Waals surface area contributed by atoms with E-state index < -0.39 is 12.0 Å². The fourth-order valence-electron chi connectivity index (χ4n) is 3.44. The number of hydrogen-bond acceptors (Lipinski definition) is 5. The number of rotatable bonds is 4. The van der Waals surface area contributed by atoms with E-state index in [4.69, 9.17) is 4.98 Å². The summed E-state index contributed by atoms with van der Waals surface area (Å²) in [4.78, 5) is 20.0. The van der Waals surface area contributed by atoms with Gasteiger partial charge in [0.05, 0.1) is 20.0 Å². The second-order valence-electron chi connectivity index (χ2n) is 6.15. The number of nitrogens with zero attached hydrogens (tertiary/aromatic N) is 2. The molecule has 1 aliphatic heterocycles. The van der Waals surface area contributed by atoms with Gasteiger partial charge in [-0.1, -0.05) is 18.6 Å². The molecule has 25 heavy (non-hydrogen) atoms. The van der Waals surface area contributed by atoms with Gasteiger partial charge in [-0.25, -0.2) is 4.98 Å². The highest BCUT2D eigenvalue weighted by molar-refractivity contribution is 9.11. The van der Waals surface area contributed by atoms with Gasteiger partial charge in [0, 0.05) is 11.4 Å². The summed E-state index contributed by atoms with van der Waals surface area (Å²) < 4.78 is 2.19. The Labute approximate surface area is 162 Å². The number of halogens is 1. The molecule has 130 valence electrons. The molecule has 1 saturated heterocycles. The van der Waals surface area contributed by atoms with Crippen molar-refractivity contribution in [2.24, 2.45) is 0 Å². The number of likely N-dealkylation sites (tertiary alicyclic amines) is 1. The van der Waals surface area contributed by atoms with Gasteiger partial charge < -0.3 is 5.11 Å². The molecule has 1 aliphatic rings. The Kier molecular flexibility index (Phi) is 4.90. The normalized spacial score (nSPS) is 20.0. The van der Waals surface area contributed by atoms with Gasteiger partial charge >= 0.3 is 5.97 Å². The second kappa shape index (κ2) is 7.15. The van der Waals surface area contributed by atoms with Crippen molar-refractivity contribution in [3.8, 4) is 0 Å². The number of carboxylic acids is 1. The van der Waals surface area contributed by atoms with Crippen molar-refractivity contribution in [1.29, 1.82) is 0 Å². The number of benzene rings is 1. The van der Waals surface area contributed by atoms with Crippen molar-refractivity contribution in [2.45, 2.75) is 31.3 Å². The lowest BCUT2D eigenvalue weighted by Gasteiger charge is -2.37. The first kappa shape index (κ1) is 17.1. The number of thiazole rings is 1. The van der Waals surface area contributed by atoms with Gasteiger partial charge in [0.15, 0.2) is 0 Å². The number of para-hydroxylation sites is 1. The number of aliphatic carboxylic acids is 1. The van der Waals surface area contributed by atoms with Crippen LogP contribution in [0.1, 0.15) is 35.2 Å². The van der Waals surface area contributed by atoms with Crippen LogP contribution in [0, 0.1) is 0 Å². The van der Waals surface area contributed by atoms with Gasteiger partial charge in [-0.15, -0.1) is 22.7 Å². The van der Waals surface area contributed by atoms with E-state index >= 15 is 0 Å². The standard InChI is InChI=1S/C18H17BrN2O2S2/c19-15-9-8-14(24-15)16(21-10-4-3-6-12(21)18(22)23)17-20-11-5-1-2-7-13(11)25-17/h1-2,5,7-9,12,16H,3-4,6,10H2,(H,22,23). The Hall–Kier alpha value is -1.28. The summed E-state index contributed by atoms with van der Waals surface area (Å²) in [7, 11) is 0. The first-order chi connectivity index (χ1) is 12.1. The summed E-state index contributed by atoms with van der Waals surface area (Å²) in [6.45, 7) is 0.785. The summed E-state index contributed by atoms with van der Waals surface area (Å²) in [5.74, 6) is -0.735. The third-order valence-electron chi connectivity index (χ3n) is 4.57. The zero-order valence-corrected chi connectivity index (χ0v) is 16.6. The summed E-state index contributed by atoms with van der Waals surface area (Å²) in [6, 6.07) is 11.6. The Morgan fingerprint density at radius 2 is 2.08 bits per heavy atom. The van der Waals surface area contributed by atoms with Crippen LogP contribution in [0.5, 0.6) is 0 Å². The van der Waals surface area contributed by atoms with Crippen LogP contribution in [-0.4, -0.2) is 33.5 Å². The Balaban J connectivity index is 1.82. The van der Waals surface area contributed by atoms with Gasteiger partial charge in [-0.3, -0.25) is 9.69 Å². The first-order valence-electron chi connectivity index (χ1n) is 8.23. The van der Waals surface area contributed by atoms with Crippen molar-refractivity contribution in [3.05, 3.63) is 50.1 Å². The third kappa shape index (κ3) is 3.38. The fraction of sp³-hybridized carbons (Fsp3) is 0.333. The molecule has 0 spiro atoms. The van der Waals surface area contributed by atoms with Gasteiger partial charge in [-0.2, -0.15) is 0 Å². The second-order valence-corrected chi connectivity index (χ2v) is 9.71. The molecule has 7 heteroatoms. The summed E-state index contributed by atoms with van der Waals surface area (Å²) >= 11 is 6.86. The summed E-state index contributed by atoms with van der Waals surface area (Å²) in [5, 5.41) is 10.7. The maximum Gasteiger partial charge on any atom is 0.320 e. The zero-order chi connectivity index (χ0) is 17.4. The van der Waals surface area contributed by atoms with Crippen LogP contribution in [0.4, 0.5) is 0 Å². The van der Waals surface area contributed by atoms with E-state index in [0.29, 0.717) is 6.42 Å². The fourth-order valence-corrected chi connectivity index (χ4v) is 6.17. The molecule has 4 rings (SSSR count). The van der Waals surface area contributed by atoms with Crippen molar-refractivity contribution >= 4 is 54.8 Å². The van der Waals surface area contributed by atoms with E-state index in [1.165, 1.54) is 0 Å². The predicted octanol–water partition coefficient (Wildman–Crippen LogP) is 5.15. The molecule has 2 atom stereocenters. The van der Waals surface area contributed by atoms with Crippen LogP contribution in [-0.2, 0) is 4.79 Å². The van der Waals surface area contributed by atoms with Gasteiger partial charge in [0.25, 0.3) is 0 Å². The lowest BCUT2D eigenvalue weighted by atomic mass is 9.99. The van der Waals surface area contributed by atoms with Gasteiger partial charge in [0.2, 0.25) is 0 Å². The molecule has 0 radical (unpaired) electrons. The largest absolute Gasteiger partial charge is 0.480 e. The molecule has 2 aromatic heterocycles. The molecule has 1 aromatic carbocycles. The minimum Gasteiger partial charge on any atom is -0.480 e. The lowest BCUT2D eigenvalue weighted by Crippen LogP contribution is -2.46. The SMILES string of the molecule is O=C(O)C1CCCCN1C(c1ccc(Br)s1)c1nc2ccccc2s1. The molecule has 1 N–H and O–H groups in total. The van der Waals surface area contributed by atoms with E-state index in [1.54, 1.807) is 22.7 Å². The van der Waals surface area contributed by atoms with Crippen molar-refractivity contribution in [2.75, 3.05) is 6.54 Å². The van der Waals surface area contributed by atoms with Crippen molar-refractivity contribution in [3.63, 3.8) is 0 Å². The van der Waals surface area contributed by atoms with Crippen LogP contribution in [0.2, 0.25) is 0 Å². The molecule has 4 nitrogen and oxygen atoms in total. The Morgan fingerprint density at radius 3 is 2.80 bits per heavy atom. The average Bonchev–Trinajstić information content (AvgIpc) is 3.22. The molecular weight excluding hydrogens is 420 g/mol. The number of piperidine rings is 1. The summed E-state index contributed by atoms with van der Waals surface area (Å²) in [5.41, 5.74) is 0.979. The molecule has 1 fully saturated rings. The number of thiophene rings is 1. The average molecular weight is 437 g/mol. The van der Waals surface area contributed by atoms with Gasteiger partial charge in [0.1, 0.15) is 11.0 Å². The minimum absolute atomic E-state index is 0.102. The highest BCUT2D eigenvalue weighted by Gasteiger charge is 2.37. The predicted molar refractivity (Wildman–Crippen MR) is 105 cm³/mol. The molecule has 3 aromatic rings. The van der Waals surface area contributed by atoms with E-state index in [1.807, 2.05) is 24.3 Å². The topological polar surface area (TPSA) is 53.4 Å². The van der Waals surface area contributed by atoms with Crippen LogP contribution >= 0.6 is 38.6 Å². The van der Waals surface area contributed by atoms with Crippen molar-refractivity contribution < 1.29 is 9.90 Å². The highest BCUT2D eigenvalue weighted by atomic mass is 79.9. The number of carboxylic acid groups (broad SMARTS) is 1. The first-order valence-corrected chi connectivity index (χ1v) is 10.7. The maximum atomic E-state index is 11.8.